The van der Waals surface area contributed by atoms with E-state index in [1.807, 2.05) is 6.92 Å². The van der Waals surface area contributed by atoms with Gasteiger partial charge in [0.25, 0.3) is 0 Å². The first-order valence-corrected chi connectivity index (χ1v) is 5.86. The molecule has 1 saturated carbocycles. The summed E-state index contributed by atoms with van der Waals surface area (Å²) < 4.78 is 0. The smallest absolute Gasteiger partial charge is 0.308 e. The summed E-state index contributed by atoms with van der Waals surface area (Å²) in [7, 11) is 0. The first-order valence-electron chi connectivity index (χ1n) is 5.86. The van der Waals surface area contributed by atoms with Gasteiger partial charge in [0.15, 0.2) is 0 Å². The molecule has 92 valence electrons. The van der Waals surface area contributed by atoms with E-state index in [4.69, 9.17) is 5.11 Å². The first-order chi connectivity index (χ1) is 7.63. The molecule has 5 heteroatoms. The number of carbonyl (C=O) groups is 2. The Hall–Kier alpha value is -1.10. The van der Waals surface area contributed by atoms with Gasteiger partial charge >= 0.3 is 5.97 Å². The zero-order chi connectivity index (χ0) is 12.0. The van der Waals surface area contributed by atoms with E-state index in [2.05, 4.69) is 10.6 Å². The van der Waals surface area contributed by atoms with Gasteiger partial charge in [0.05, 0.1) is 12.5 Å². The maximum Gasteiger partial charge on any atom is 0.308 e. The molecule has 1 aliphatic rings. The Morgan fingerprint density at radius 1 is 1.44 bits per heavy atom. The van der Waals surface area contributed by atoms with E-state index in [-0.39, 0.29) is 12.5 Å². The molecule has 1 amide bonds. The molecule has 0 aromatic heterocycles. The van der Waals surface area contributed by atoms with Gasteiger partial charge < -0.3 is 15.7 Å². The van der Waals surface area contributed by atoms with Crippen LogP contribution in [-0.4, -0.2) is 36.1 Å². The van der Waals surface area contributed by atoms with Crippen molar-refractivity contribution < 1.29 is 14.7 Å². The number of hydrogen-bond donors (Lipinski definition) is 3. The largest absolute Gasteiger partial charge is 0.481 e. The van der Waals surface area contributed by atoms with Crippen LogP contribution in [0.5, 0.6) is 0 Å². The number of carbonyl (C=O) groups excluding carboxylic acids is 1. The van der Waals surface area contributed by atoms with E-state index in [0.717, 1.165) is 19.3 Å². The van der Waals surface area contributed by atoms with Crippen LogP contribution >= 0.6 is 0 Å². The summed E-state index contributed by atoms with van der Waals surface area (Å²) in [6, 6.07) is 0.497. The molecular formula is C11H20N2O3. The second kappa shape index (κ2) is 6.48. The molecule has 0 aromatic rings. The predicted molar refractivity (Wildman–Crippen MR) is 60.1 cm³/mol. The fourth-order valence-electron chi connectivity index (χ4n) is 1.49. The molecule has 5 nitrogen and oxygen atoms in total. The highest BCUT2D eigenvalue weighted by Crippen LogP contribution is 2.17. The van der Waals surface area contributed by atoms with E-state index in [9.17, 15) is 9.59 Å². The molecule has 1 atom stereocenters. The normalized spacial score (nSPS) is 16.8. The van der Waals surface area contributed by atoms with Crippen molar-refractivity contribution >= 4 is 11.9 Å². The zero-order valence-corrected chi connectivity index (χ0v) is 9.66. The van der Waals surface area contributed by atoms with E-state index in [1.165, 1.54) is 0 Å². The fraction of sp³-hybridized carbons (Fsp3) is 0.818. The first kappa shape index (κ1) is 13.0. The lowest BCUT2D eigenvalue weighted by molar-refractivity contribution is -0.141. The topological polar surface area (TPSA) is 78.4 Å². The van der Waals surface area contributed by atoms with Crippen molar-refractivity contribution in [1.29, 1.82) is 0 Å². The second-order valence-electron chi connectivity index (χ2n) is 4.28. The summed E-state index contributed by atoms with van der Waals surface area (Å²) in [6.07, 6.45) is 3.69. The van der Waals surface area contributed by atoms with Gasteiger partial charge in [-0.3, -0.25) is 9.59 Å². The SMILES string of the molecule is CCCC(CNC(=O)CNC1CC1)C(=O)O. The van der Waals surface area contributed by atoms with E-state index >= 15 is 0 Å². The number of nitrogens with one attached hydrogen (secondary N) is 2. The standard InChI is InChI=1S/C11H20N2O3/c1-2-3-8(11(15)16)6-13-10(14)7-12-9-4-5-9/h8-9,12H,2-7H2,1H3,(H,13,14)(H,15,16). The highest BCUT2D eigenvalue weighted by molar-refractivity contribution is 5.79. The van der Waals surface area contributed by atoms with E-state index in [1.54, 1.807) is 0 Å². The average molecular weight is 228 g/mol. The number of rotatable bonds is 8. The third kappa shape index (κ3) is 5.11. The van der Waals surface area contributed by atoms with Crippen molar-refractivity contribution in [2.75, 3.05) is 13.1 Å². The fourth-order valence-corrected chi connectivity index (χ4v) is 1.49. The number of hydrogen-bond acceptors (Lipinski definition) is 3. The molecule has 0 heterocycles. The van der Waals surface area contributed by atoms with Crippen LogP contribution in [-0.2, 0) is 9.59 Å². The molecular weight excluding hydrogens is 208 g/mol. The third-order valence-corrected chi connectivity index (χ3v) is 2.66. The molecule has 0 aliphatic heterocycles. The molecule has 1 aliphatic carbocycles. The minimum atomic E-state index is -0.836. The maximum absolute atomic E-state index is 11.3. The number of amides is 1. The highest BCUT2D eigenvalue weighted by Gasteiger charge is 2.22. The molecule has 0 aromatic carbocycles. The summed E-state index contributed by atoms with van der Waals surface area (Å²) in [5.41, 5.74) is 0. The van der Waals surface area contributed by atoms with Crippen LogP contribution in [0.15, 0.2) is 0 Å². The van der Waals surface area contributed by atoms with E-state index in [0.29, 0.717) is 19.0 Å². The Morgan fingerprint density at radius 2 is 2.12 bits per heavy atom. The van der Waals surface area contributed by atoms with Crippen molar-refractivity contribution in [2.45, 2.75) is 38.6 Å². The van der Waals surface area contributed by atoms with Crippen LogP contribution in [0.1, 0.15) is 32.6 Å². The summed E-state index contributed by atoms with van der Waals surface area (Å²) in [5, 5.41) is 14.6. The van der Waals surface area contributed by atoms with Crippen LogP contribution in [0.3, 0.4) is 0 Å². The molecule has 16 heavy (non-hydrogen) atoms. The van der Waals surface area contributed by atoms with Gasteiger partial charge in [-0.1, -0.05) is 13.3 Å². The van der Waals surface area contributed by atoms with Gasteiger partial charge in [-0.05, 0) is 19.3 Å². The third-order valence-electron chi connectivity index (χ3n) is 2.66. The van der Waals surface area contributed by atoms with Crippen molar-refractivity contribution in [3.8, 4) is 0 Å². The van der Waals surface area contributed by atoms with Crippen LogP contribution in [0.2, 0.25) is 0 Å². The quantitative estimate of drug-likeness (QED) is 0.560. The summed E-state index contributed by atoms with van der Waals surface area (Å²) in [4.78, 5) is 22.2. The molecule has 0 bridgehead atoms. The molecule has 3 N–H and O–H groups in total. The maximum atomic E-state index is 11.3. The lowest BCUT2D eigenvalue weighted by Gasteiger charge is -2.12. The van der Waals surface area contributed by atoms with Gasteiger partial charge in [0.2, 0.25) is 5.91 Å². The second-order valence-corrected chi connectivity index (χ2v) is 4.28. The Balaban J connectivity index is 2.13. The van der Waals surface area contributed by atoms with Crippen LogP contribution in [0.25, 0.3) is 0 Å². The number of aliphatic carboxylic acids is 1. The molecule has 0 spiro atoms. The monoisotopic (exact) mass is 228 g/mol. The Labute approximate surface area is 95.6 Å². The minimum absolute atomic E-state index is 0.116. The minimum Gasteiger partial charge on any atom is -0.481 e. The number of carboxylic acid groups (broad SMARTS) is 1. The summed E-state index contributed by atoms with van der Waals surface area (Å²) >= 11 is 0. The van der Waals surface area contributed by atoms with Gasteiger partial charge in [-0.2, -0.15) is 0 Å². The molecule has 0 saturated heterocycles. The van der Waals surface area contributed by atoms with E-state index < -0.39 is 11.9 Å². The Kier molecular flexibility index (Phi) is 5.25. The summed E-state index contributed by atoms with van der Waals surface area (Å²) in [5.74, 6) is -1.42. The van der Waals surface area contributed by atoms with Crippen LogP contribution in [0, 0.1) is 5.92 Å². The molecule has 0 radical (unpaired) electrons. The molecule has 1 rings (SSSR count). The van der Waals surface area contributed by atoms with Crippen molar-refractivity contribution in [3.63, 3.8) is 0 Å². The molecule has 1 fully saturated rings. The average Bonchev–Trinajstić information content (AvgIpc) is 3.04. The van der Waals surface area contributed by atoms with Gasteiger partial charge in [0.1, 0.15) is 0 Å². The van der Waals surface area contributed by atoms with Crippen molar-refractivity contribution in [1.82, 2.24) is 10.6 Å². The zero-order valence-electron chi connectivity index (χ0n) is 9.66. The van der Waals surface area contributed by atoms with Crippen LogP contribution < -0.4 is 10.6 Å². The Bertz CT molecular complexity index is 252. The van der Waals surface area contributed by atoms with Gasteiger partial charge in [0, 0.05) is 12.6 Å². The number of carboxylic acids is 1. The lowest BCUT2D eigenvalue weighted by Crippen LogP contribution is -2.38. The lowest BCUT2D eigenvalue weighted by atomic mass is 10.0. The van der Waals surface area contributed by atoms with Crippen molar-refractivity contribution in [2.24, 2.45) is 5.92 Å². The predicted octanol–water partition coefficient (Wildman–Crippen LogP) is 0.355. The Morgan fingerprint density at radius 3 is 2.62 bits per heavy atom. The molecule has 1 unspecified atom stereocenters. The highest BCUT2D eigenvalue weighted by atomic mass is 16.4. The van der Waals surface area contributed by atoms with Crippen molar-refractivity contribution in [3.05, 3.63) is 0 Å². The van der Waals surface area contributed by atoms with Crippen LogP contribution in [0.4, 0.5) is 0 Å². The van der Waals surface area contributed by atoms with Gasteiger partial charge in [-0.25, -0.2) is 0 Å². The van der Waals surface area contributed by atoms with Gasteiger partial charge in [-0.15, -0.1) is 0 Å². The summed E-state index contributed by atoms with van der Waals surface area (Å²) in [6.45, 7) is 2.46.